The summed E-state index contributed by atoms with van der Waals surface area (Å²) in [6, 6.07) is 0. The standard InChI is InChI=1S/C44H76O13P2/c1-3-5-7-9-11-13-15-17-19-20-22-24-26-28-30-32-34-36-44(47)57-42(40-56-59(51,52)55-38-41(45)37-54-58(48,49)50)39-53-43(46)35-33-31-29-27-25-23-21-18-16-14-12-10-8-6-4-2/h11-14,17-19,21-22,24-25,27,41-42,45H,3-10,15-16,20,23,26,28-40H2,1-2H3,(H,51,52)(H2,48,49,50)/b13-11-,14-12-,19-17-,21-18-,24-22-,27-25-/t41-,42+/m0/s1. The molecular formula is C44H76O13P2. The highest BCUT2D eigenvalue weighted by Crippen LogP contribution is 2.43. The van der Waals surface area contributed by atoms with E-state index in [4.69, 9.17) is 23.8 Å². The number of aliphatic hydroxyl groups is 1. The van der Waals surface area contributed by atoms with Gasteiger partial charge in [-0.1, -0.05) is 125 Å². The lowest BCUT2D eigenvalue weighted by Gasteiger charge is -2.20. The molecule has 340 valence electrons. The summed E-state index contributed by atoms with van der Waals surface area (Å²) in [4.78, 5) is 52.6. The van der Waals surface area contributed by atoms with Crippen LogP contribution in [0.5, 0.6) is 0 Å². The molecule has 59 heavy (non-hydrogen) atoms. The van der Waals surface area contributed by atoms with Gasteiger partial charge in [0.2, 0.25) is 0 Å². The molecule has 0 bridgehead atoms. The van der Waals surface area contributed by atoms with Gasteiger partial charge in [-0.05, 0) is 89.9 Å². The van der Waals surface area contributed by atoms with Gasteiger partial charge in [0.25, 0.3) is 0 Å². The molecule has 0 amide bonds. The number of rotatable bonds is 40. The van der Waals surface area contributed by atoms with E-state index in [2.05, 4.69) is 95.8 Å². The Hall–Kier alpha value is -2.44. The first-order chi connectivity index (χ1) is 28.4. The van der Waals surface area contributed by atoms with E-state index in [1.54, 1.807) is 0 Å². The molecule has 1 unspecified atom stereocenters. The van der Waals surface area contributed by atoms with Crippen molar-refractivity contribution >= 4 is 27.6 Å². The van der Waals surface area contributed by atoms with Crippen molar-refractivity contribution in [3.05, 3.63) is 72.9 Å². The predicted octanol–water partition coefficient (Wildman–Crippen LogP) is 11.0. The van der Waals surface area contributed by atoms with Crippen LogP contribution < -0.4 is 0 Å². The van der Waals surface area contributed by atoms with E-state index < -0.39 is 66.2 Å². The zero-order chi connectivity index (χ0) is 43.7. The number of carbonyl (C=O) groups excluding carboxylic acids is 2. The molecule has 0 aromatic rings. The number of hydrogen-bond acceptors (Lipinski definition) is 10. The first-order valence-corrected chi connectivity index (χ1v) is 24.7. The van der Waals surface area contributed by atoms with Gasteiger partial charge in [0.1, 0.15) is 12.7 Å². The van der Waals surface area contributed by atoms with E-state index in [1.165, 1.54) is 38.5 Å². The van der Waals surface area contributed by atoms with Crippen molar-refractivity contribution in [1.82, 2.24) is 0 Å². The van der Waals surface area contributed by atoms with E-state index in [0.29, 0.717) is 12.8 Å². The average Bonchev–Trinajstić information content (AvgIpc) is 3.19. The maximum atomic E-state index is 12.7. The van der Waals surface area contributed by atoms with Crippen molar-refractivity contribution in [2.24, 2.45) is 0 Å². The van der Waals surface area contributed by atoms with Crippen LogP contribution in [0.3, 0.4) is 0 Å². The minimum absolute atomic E-state index is 0.0939. The van der Waals surface area contributed by atoms with Crippen LogP contribution in [-0.2, 0) is 41.8 Å². The molecule has 0 heterocycles. The van der Waals surface area contributed by atoms with Crippen LogP contribution in [0.4, 0.5) is 0 Å². The lowest BCUT2D eigenvalue weighted by molar-refractivity contribution is -0.161. The third-order valence-corrected chi connectivity index (χ3v) is 9.99. The van der Waals surface area contributed by atoms with Gasteiger partial charge in [0, 0.05) is 12.8 Å². The number of unbranched alkanes of at least 4 members (excludes halogenated alkanes) is 12. The van der Waals surface area contributed by atoms with Crippen LogP contribution in [0.15, 0.2) is 72.9 Å². The molecule has 0 rings (SSSR count). The number of allylic oxidation sites excluding steroid dienone is 12. The normalized spacial score (nSPS) is 14.7. The van der Waals surface area contributed by atoms with Gasteiger partial charge in [-0.25, -0.2) is 9.13 Å². The Bertz CT molecular complexity index is 1320. The smallest absolute Gasteiger partial charge is 0.462 e. The SMILES string of the molecule is CCCCC/C=C\C/C=C\C/C=C\CCCCCCC(=O)O[C@H](COC(=O)CCCC/C=C\C/C=C\C/C=C\CCCCC)COP(=O)(O)OC[C@@H](O)COP(=O)(O)O. The van der Waals surface area contributed by atoms with Crippen molar-refractivity contribution in [1.29, 1.82) is 0 Å². The minimum atomic E-state index is -4.87. The Morgan fingerprint density at radius 3 is 1.37 bits per heavy atom. The topological polar surface area (TPSA) is 195 Å². The molecule has 0 aromatic carbocycles. The monoisotopic (exact) mass is 874 g/mol. The first-order valence-electron chi connectivity index (χ1n) is 21.6. The average molecular weight is 875 g/mol. The summed E-state index contributed by atoms with van der Waals surface area (Å²) >= 11 is 0. The van der Waals surface area contributed by atoms with Crippen molar-refractivity contribution in [2.75, 3.05) is 26.4 Å². The molecule has 0 aliphatic carbocycles. The fourth-order valence-corrected chi connectivity index (χ4v) is 6.40. The second kappa shape index (κ2) is 39.7. The highest BCUT2D eigenvalue weighted by atomic mass is 31.2. The molecule has 3 atom stereocenters. The van der Waals surface area contributed by atoms with Gasteiger partial charge in [-0.15, -0.1) is 0 Å². The number of hydrogen-bond donors (Lipinski definition) is 4. The third kappa shape index (κ3) is 43.5. The summed E-state index contributed by atoms with van der Waals surface area (Å²) in [5.74, 6) is -1.11. The van der Waals surface area contributed by atoms with Crippen molar-refractivity contribution < 1.29 is 61.6 Å². The second-order valence-corrected chi connectivity index (χ2v) is 16.9. The molecule has 4 N–H and O–H groups in total. The van der Waals surface area contributed by atoms with Crippen LogP contribution in [0.2, 0.25) is 0 Å². The van der Waals surface area contributed by atoms with E-state index in [1.807, 2.05) is 0 Å². The molecule has 0 saturated heterocycles. The molecule has 0 radical (unpaired) electrons. The van der Waals surface area contributed by atoms with Gasteiger partial charge < -0.3 is 29.3 Å². The number of phosphoric ester groups is 2. The van der Waals surface area contributed by atoms with Crippen LogP contribution in [0.1, 0.15) is 155 Å². The molecule has 0 spiro atoms. The zero-order valence-corrected chi connectivity index (χ0v) is 37.6. The quantitative estimate of drug-likeness (QED) is 0.0197. The summed E-state index contributed by atoms with van der Waals surface area (Å²) in [5.41, 5.74) is 0. The largest absolute Gasteiger partial charge is 0.472 e. The fraction of sp³-hybridized carbons (Fsp3) is 0.682. The number of esters is 2. The molecule has 0 fully saturated rings. The van der Waals surface area contributed by atoms with Crippen LogP contribution >= 0.6 is 15.6 Å². The van der Waals surface area contributed by atoms with Gasteiger partial charge in [-0.2, -0.15) is 0 Å². The Balaban J connectivity index is 4.65. The number of ether oxygens (including phenoxy) is 2. The molecule has 15 heteroatoms. The molecule has 0 aliphatic rings. The van der Waals surface area contributed by atoms with Gasteiger partial charge in [0.15, 0.2) is 6.10 Å². The van der Waals surface area contributed by atoms with E-state index in [0.717, 1.165) is 77.0 Å². The van der Waals surface area contributed by atoms with Crippen molar-refractivity contribution in [3.63, 3.8) is 0 Å². The Morgan fingerprint density at radius 2 is 0.881 bits per heavy atom. The minimum Gasteiger partial charge on any atom is -0.462 e. The summed E-state index contributed by atoms with van der Waals surface area (Å²) in [6.07, 6.45) is 43.2. The van der Waals surface area contributed by atoms with Gasteiger partial charge in [-0.3, -0.25) is 23.2 Å². The van der Waals surface area contributed by atoms with E-state index in [9.17, 15) is 28.7 Å². The number of carbonyl (C=O) groups is 2. The van der Waals surface area contributed by atoms with E-state index in [-0.39, 0.29) is 12.8 Å². The second-order valence-electron chi connectivity index (χ2n) is 14.3. The van der Waals surface area contributed by atoms with Crippen molar-refractivity contribution in [2.45, 2.75) is 167 Å². The number of aliphatic hydroxyl groups excluding tert-OH is 1. The predicted molar refractivity (Wildman–Crippen MR) is 234 cm³/mol. The van der Waals surface area contributed by atoms with E-state index >= 15 is 0 Å². The number of phosphoric acid groups is 2. The summed E-state index contributed by atoms with van der Waals surface area (Å²) < 4.78 is 47.7. The molecule has 0 saturated carbocycles. The van der Waals surface area contributed by atoms with Crippen LogP contribution in [0, 0.1) is 0 Å². The summed E-state index contributed by atoms with van der Waals surface area (Å²) in [7, 11) is -9.69. The lowest BCUT2D eigenvalue weighted by Crippen LogP contribution is -2.30. The first kappa shape index (κ1) is 56.6. The molecule has 13 nitrogen and oxygen atoms in total. The zero-order valence-electron chi connectivity index (χ0n) is 35.8. The Kier molecular flexibility index (Phi) is 38.0. The van der Waals surface area contributed by atoms with Crippen LogP contribution in [0.25, 0.3) is 0 Å². The molecule has 0 aliphatic heterocycles. The molecular weight excluding hydrogens is 798 g/mol. The van der Waals surface area contributed by atoms with Crippen LogP contribution in [-0.4, -0.2) is 70.4 Å². The lowest BCUT2D eigenvalue weighted by atomic mass is 10.1. The summed E-state index contributed by atoms with van der Waals surface area (Å²) in [6.45, 7) is 1.62. The highest BCUT2D eigenvalue weighted by molar-refractivity contribution is 7.47. The molecule has 0 aromatic heterocycles. The van der Waals surface area contributed by atoms with Gasteiger partial charge in [0.05, 0.1) is 19.8 Å². The van der Waals surface area contributed by atoms with Crippen molar-refractivity contribution in [3.8, 4) is 0 Å². The highest BCUT2D eigenvalue weighted by Gasteiger charge is 2.28. The van der Waals surface area contributed by atoms with Gasteiger partial charge >= 0.3 is 27.6 Å². The maximum Gasteiger partial charge on any atom is 0.472 e. The summed E-state index contributed by atoms with van der Waals surface area (Å²) in [5, 5.41) is 9.74. The third-order valence-electron chi connectivity index (χ3n) is 8.56. The maximum absolute atomic E-state index is 12.7. The Labute approximate surface area is 354 Å². The Morgan fingerprint density at radius 1 is 0.492 bits per heavy atom. The fourth-order valence-electron chi connectivity index (χ4n) is 5.24.